The molecule has 5 nitrogen and oxygen atoms in total. The number of hydrogen-bond donors (Lipinski definition) is 2. The van der Waals surface area contributed by atoms with Gasteiger partial charge >= 0.3 is 6.09 Å². The SMILES string of the molecule is CCCN(CC)C(CN)CCNC(=O)OC(C)(C)C. The van der Waals surface area contributed by atoms with Gasteiger partial charge in [-0.15, -0.1) is 0 Å². The maximum Gasteiger partial charge on any atom is 0.407 e. The van der Waals surface area contributed by atoms with Crippen molar-refractivity contribution in [3.63, 3.8) is 0 Å². The quantitative estimate of drug-likeness (QED) is 0.709. The fraction of sp³-hybridized carbons (Fsp3) is 0.929. The molecule has 19 heavy (non-hydrogen) atoms. The van der Waals surface area contributed by atoms with Crippen molar-refractivity contribution >= 4 is 6.09 Å². The Bertz CT molecular complexity index is 252. The minimum Gasteiger partial charge on any atom is -0.444 e. The number of ether oxygens (including phenoxy) is 1. The summed E-state index contributed by atoms with van der Waals surface area (Å²) in [5, 5.41) is 2.78. The molecule has 3 N–H and O–H groups in total. The number of nitrogens with one attached hydrogen (secondary N) is 1. The van der Waals surface area contributed by atoms with Crippen LogP contribution in [0, 0.1) is 0 Å². The van der Waals surface area contributed by atoms with E-state index in [0.29, 0.717) is 19.1 Å². The molecule has 5 heteroatoms. The van der Waals surface area contributed by atoms with Gasteiger partial charge in [-0.25, -0.2) is 4.79 Å². The molecule has 0 bridgehead atoms. The highest BCUT2D eigenvalue weighted by Crippen LogP contribution is 2.07. The smallest absolute Gasteiger partial charge is 0.407 e. The van der Waals surface area contributed by atoms with Gasteiger partial charge in [0.2, 0.25) is 0 Å². The summed E-state index contributed by atoms with van der Waals surface area (Å²) >= 11 is 0. The van der Waals surface area contributed by atoms with E-state index in [9.17, 15) is 4.79 Å². The van der Waals surface area contributed by atoms with Gasteiger partial charge in [0.15, 0.2) is 0 Å². The molecule has 1 unspecified atom stereocenters. The second-order valence-electron chi connectivity index (χ2n) is 5.74. The van der Waals surface area contributed by atoms with Gasteiger partial charge in [0.25, 0.3) is 0 Å². The van der Waals surface area contributed by atoms with Crippen molar-refractivity contribution in [3.8, 4) is 0 Å². The zero-order chi connectivity index (χ0) is 14.9. The highest BCUT2D eigenvalue weighted by atomic mass is 16.6. The second kappa shape index (κ2) is 9.15. The first-order valence-electron chi connectivity index (χ1n) is 7.25. The molecule has 0 radical (unpaired) electrons. The van der Waals surface area contributed by atoms with E-state index in [-0.39, 0.29) is 6.09 Å². The molecule has 0 aliphatic heterocycles. The Morgan fingerprint density at radius 1 is 1.37 bits per heavy atom. The van der Waals surface area contributed by atoms with Crippen LogP contribution in [0.4, 0.5) is 4.79 Å². The average molecular weight is 273 g/mol. The Labute approximate surface area is 117 Å². The molecule has 0 aromatic heterocycles. The van der Waals surface area contributed by atoms with E-state index in [1.807, 2.05) is 20.8 Å². The lowest BCUT2D eigenvalue weighted by Gasteiger charge is -2.29. The van der Waals surface area contributed by atoms with Crippen LogP contribution in [0.25, 0.3) is 0 Å². The number of hydrogen-bond acceptors (Lipinski definition) is 4. The number of nitrogens with two attached hydrogens (primary N) is 1. The van der Waals surface area contributed by atoms with E-state index in [2.05, 4.69) is 24.1 Å². The second-order valence-corrected chi connectivity index (χ2v) is 5.74. The van der Waals surface area contributed by atoms with Gasteiger partial charge in [-0.2, -0.15) is 0 Å². The molecule has 1 atom stereocenters. The van der Waals surface area contributed by atoms with E-state index in [1.54, 1.807) is 0 Å². The summed E-state index contributed by atoms with van der Waals surface area (Å²) in [6.45, 7) is 13.1. The predicted molar refractivity (Wildman–Crippen MR) is 79.2 cm³/mol. The molecule has 0 aromatic carbocycles. The van der Waals surface area contributed by atoms with E-state index in [1.165, 1.54) is 0 Å². The van der Waals surface area contributed by atoms with Crippen molar-refractivity contribution in [2.75, 3.05) is 26.2 Å². The van der Waals surface area contributed by atoms with Gasteiger partial charge in [0, 0.05) is 19.1 Å². The lowest BCUT2D eigenvalue weighted by Crippen LogP contribution is -2.43. The van der Waals surface area contributed by atoms with E-state index < -0.39 is 5.60 Å². The third kappa shape index (κ3) is 8.83. The molecule has 0 aliphatic carbocycles. The van der Waals surface area contributed by atoms with Crippen LogP contribution >= 0.6 is 0 Å². The molecule has 0 aromatic rings. The number of alkyl carbamates (subject to hydrolysis) is 1. The third-order valence-electron chi connectivity index (χ3n) is 2.85. The van der Waals surface area contributed by atoms with Crippen molar-refractivity contribution < 1.29 is 9.53 Å². The summed E-state index contributed by atoms with van der Waals surface area (Å²) < 4.78 is 5.19. The van der Waals surface area contributed by atoms with Crippen molar-refractivity contribution in [1.82, 2.24) is 10.2 Å². The molecule has 0 rings (SSSR count). The fourth-order valence-corrected chi connectivity index (χ4v) is 1.99. The average Bonchev–Trinajstić information content (AvgIpc) is 2.30. The number of carbonyl (C=O) groups is 1. The number of rotatable bonds is 8. The van der Waals surface area contributed by atoms with Crippen LogP contribution in [-0.4, -0.2) is 48.8 Å². The highest BCUT2D eigenvalue weighted by Gasteiger charge is 2.17. The minimum absolute atomic E-state index is 0.319. The lowest BCUT2D eigenvalue weighted by molar-refractivity contribution is 0.0522. The molecule has 0 heterocycles. The normalized spacial score (nSPS) is 13.4. The summed E-state index contributed by atoms with van der Waals surface area (Å²) in [5.41, 5.74) is 5.36. The number of amides is 1. The topological polar surface area (TPSA) is 67.6 Å². The number of carbonyl (C=O) groups excluding carboxylic acids is 1. The van der Waals surface area contributed by atoms with Crippen molar-refractivity contribution in [2.45, 2.75) is 59.1 Å². The zero-order valence-corrected chi connectivity index (χ0v) is 13.2. The third-order valence-corrected chi connectivity index (χ3v) is 2.85. The first-order chi connectivity index (χ1) is 8.84. The Morgan fingerprint density at radius 3 is 2.42 bits per heavy atom. The molecule has 0 saturated carbocycles. The zero-order valence-electron chi connectivity index (χ0n) is 13.2. The standard InChI is InChI=1S/C14H31N3O2/c1-6-10-17(7-2)12(11-15)8-9-16-13(18)19-14(3,4)5/h12H,6-11,15H2,1-5H3,(H,16,18). The molecule has 114 valence electrons. The predicted octanol–water partition coefficient (Wildman–Crippen LogP) is 1.96. The molecule has 1 amide bonds. The molecule has 0 saturated heterocycles. The molecule has 0 aliphatic rings. The Balaban J connectivity index is 4.04. The van der Waals surface area contributed by atoms with Gasteiger partial charge in [0.05, 0.1) is 0 Å². The van der Waals surface area contributed by atoms with Crippen molar-refractivity contribution in [3.05, 3.63) is 0 Å². The first kappa shape index (κ1) is 18.2. The van der Waals surface area contributed by atoms with Crippen molar-refractivity contribution in [2.24, 2.45) is 5.73 Å². The van der Waals surface area contributed by atoms with Gasteiger partial charge in [-0.05, 0) is 46.7 Å². The summed E-state index contributed by atoms with van der Waals surface area (Å²) in [5.74, 6) is 0. The summed E-state index contributed by atoms with van der Waals surface area (Å²) in [6, 6.07) is 0.319. The number of nitrogens with zero attached hydrogens (tertiary/aromatic N) is 1. The molecular weight excluding hydrogens is 242 g/mol. The van der Waals surface area contributed by atoms with Crippen LogP contribution in [0.15, 0.2) is 0 Å². The highest BCUT2D eigenvalue weighted by molar-refractivity contribution is 5.67. The van der Waals surface area contributed by atoms with Crippen LogP contribution in [0.3, 0.4) is 0 Å². The molecule has 0 spiro atoms. The summed E-state index contributed by atoms with van der Waals surface area (Å²) in [6.07, 6.45) is 1.61. The Kier molecular flexibility index (Phi) is 8.76. The van der Waals surface area contributed by atoms with Crippen LogP contribution < -0.4 is 11.1 Å². The van der Waals surface area contributed by atoms with Crippen molar-refractivity contribution in [1.29, 1.82) is 0 Å². The Morgan fingerprint density at radius 2 is 2.00 bits per heavy atom. The van der Waals surface area contributed by atoms with Crippen LogP contribution in [0.2, 0.25) is 0 Å². The summed E-state index contributed by atoms with van der Waals surface area (Å²) in [7, 11) is 0. The fourth-order valence-electron chi connectivity index (χ4n) is 1.99. The minimum atomic E-state index is -0.449. The number of likely N-dealkylation sites (N-methyl/N-ethyl adjacent to an activating group) is 1. The van der Waals surface area contributed by atoms with E-state index in [4.69, 9.17) is 10.5 Å². The molecular formula is C14H31N3O2. The lowest BCUT2D eigenvalue weighted by atomic mass is 10.1. The van der Waals surface area contributed by atoms with Gasteiger partial charge < -0.3 is 15.8 Å². The van der Waals surface area contributed by atoms with Gasteiger partial charge in [0.1, 0.15) is 5.60 Å². The monoisotopic (exact) mass is 273 g/mol. The maximum atomic E-state index is 11.5. The van der Waals surface area contributed by atoms with E-state index in [0.717, 1.165) is 25.9 Å². The van der Waals surface area contributed by atoms with Crippen LogP contribution in [-0.2, 0) is 4.74 Å². The van der Waals surface area contributed by atoms with Gasteiger partial charge in [-0.3, -0.25) is 4.90 Å². The van der Waals surface area contributed by atoms with Crippen LogP contribution in [0.5, 0.6) is 0 Å². The Hall–Kier alpha value is -0.810. The van der Waals surface area contributed by atoms with Crippen LogP contribution in [0.1, 0.15) is 47.5 Å². The molecule has 0 fully saturated rings. The van der Waals surface area contributed by atoms with Gasteiger partial charge in [-0.1, -0.05) is 13.8 Å². The summed E-state index contributed by atoms with van der Waals surface area (Å²) in [4.78, 5) is 13.9. The maximum absolute atomic E-state index is 11.5. The largest absolute Gasteiger partial charge is 0.444 e. The van der Waals surface area contributed by atoms with E-state index >= 15 is 0 Å². The first-order valence-corrected chi connectivity index (χ1v) is 7.25.